The minimum Gasteiger partial charge on any atom is -0.369 e. The smallest absolute Gasteiger partial charge is 0.267 e. The molecule has 0 aromatic carbocycles. The Balaban J connectivity index is 1.26. The molecule has 29 heavy (non-hydrogen) atoms. The van der Waals surface area contributed by atoms with Gasteiger partial charge in [-0.2, -0.15) is 0 Å². The van der Waals surface area contributed by atoms with Crippen LogP contribution in [0.1, 0.15) is 34.6 Å². The summed E-state index contributed by atoms with van der Waals surface area (Å²) in [5.74, 6) is 0.223. The van der Waals surface area contributed by atoms with Crippen LogP contribution in [0.25, 0.3) is 0 Å². The molecule has 2 bridgehead atoms. The van der Waals surface area contributed by atoms with E-state index >= 15 is 0 Å². The number of ether oxygens (including phenoxy) is 1. The summed E-state index contributed by atoms with van der Waals surface area (Å²) in [6, 6.07) is 3.54. The second-order valence-corrected chi connectivity index (χ2v) is 8.46. The van der Waals surface area contributed by atoms with Crippen LogP contribution >= 0.6 is 0 Å². The van der Waals surface area contributed by atoms with Gasteiger partial charge in [0.2, 0.25) is 5.91 Å². The van der Waals surface area contributed by atoms with E-state index in [0.717, 1.165) is 12.8 Å². The van der Waals surface area contributed by atoms with Crippen LogP contribution in [0.5, 0.6) is 0 Å². The van der Waals surface area contributed by atoms with Crippen molar-refractivity contribution < 1.29 is 14.3 Å². The first-order valence-corrected chi connectivity index (χ1v) is 10.1. The molecular formula is C20H25N5O4. The van der Waals surface area contributed by atoms with Crippen LogP contribution in [0.3, 0.4) is 0 Å². The molecule has 3 aliphatic rings. The highest BCUT2D eigenvalue weighted by Crippen LogP contribution is 2.54. The number of nitrogens with one attached hydrogen (secondary N) is 4. The molecule has 2 aromatic heterocycles. The molecule has 3 saturated heterocycles. The lowest BCUT2D eigenvalue weighted by atomic mass is 9.73. The Labute approximate surface area is 167 Å². The van der Waals surface area contributed by atoms with E-state index in [1.165, 1.54) is 0 Å². The van der Waals surface area contributed by atoms with Crippen molar-refractivity contribution >= 4 is 11.8 Å². The van der Waals surface area contributed by atoms with Gasteiger partial charge < -0.3 is 25.0 Å². The number of hydrogen-bond acceptors (Lipinski definition) is 4. The van der Waals surface area contributed by atoms with Gasteiger partial charge in [0.15, 0.2) is 0 Å². The lowest BCUT2D eigenvalue weighted by molar-refractivity contribution is -0.131. The van der Waals surface area contributed by atoms with E-state index in [4.69, 9.17) is 4.74 Å². The maximum atomic E-state index is 12.9. The molecule has 4 N–H and O–H groups in total. The minimum atomic E-state index is -0.304. The third-order valence-electron chi connectivity index (χ3n) is 6.90. The highest BCUT2D eigenvalue weighted by atomic mass is 16.5. The van der Waals surface area contributed by atoms with Gasteiger partial charge in [-0.25, -0.2) is 0 Å². The number of rotatable bonds is 5. The van der Waals surface area contributed by atoms with Crippen molar-refractivity contribution in [3.8, 4) is 0 Å². The molecule has 0 aliphatic carbocycles. The maximum absolute atomic E-state index is 12.9. The molecule has 154 valence electrons. The fourth-order valence-electron chi connectivity index (χ4n) is 5.38. The lowest BCUT2D eigenvalue weighted by Crippen LogP contribution is -2.42. The quantitative estimate of drug-likeness (QED) is 0.578. The summed E-state index contributed by atoms with van der Waals surface area (Å²) >= 11 is 0. The number of aryl methyl sites for hydroxylation is 1. The number of carbonyl (C=O) groups is 2. The molecule has 2 aromatic rings. The Morgan fingerprint density at radius 3 is 2.97 bits per heavy atom. The Hall–Kier alpha value is -2.81. The largest absolute Gasteiger partial charge is 0.369 e. The number of aromatic nitrogens is 3. The summed E-state index contributed by atoms with van der Waals surface area (Å²) in [4.78, 5) is 41.8. The van der Waals surface area contributed by atoms with Gasteiger partial charge in [-0.1, -0.05) is 0 Å². The second kappa shape index (κ2) is 6.62. The highest BCUT2D eigenvalue weighted by molar-refractivity contribution is 5.92. The predicted molar refractivity (Wildman–Crippen MR) is 103 cm³/mol. The van der Waals surface area contributed by atoms with Gasteiger partial charge in [0.05, 0.1) is 24.7 Å². The van der Waals surface area contributed by atoms with Crippen molar-refractivity contribution in [2.24, 2.45) is 11.8 Å². The van der Waals surface area contributed by atoms with Gasteiger partial charge in [-0.15, -0.1) is 0 Å². The standard InChI is InChI=1S/C20H25N5O4/c1-11-12(18(27)24-23-11)7-17(26)25-9-14-13(16-4-5-20(14,10-25)29-16)8-22-19(28)15-3-2-6-21-15/h2-3,6,13-14,16,21H,4-5,7-10H2,1H3,(H,22,28)(H2,23,24,27)/t13-,14+,16+,20+/m0/s1. The number of carbonyl (C=O) groups excluding carboxylic acids is 2. The molecule has 0 radical (unpaired) electrons. The van der Waals surface area contributed by atoms with Crippen molar-refractivity contribution in [3.63, 3.8) is 0 Å². The highest BCUT2D eigenvalue weighted by Gasteiger charge is 2.63. The fourth-order valence-corrected chi connectivity index (χ4v) is 5.38. The van der Waals surface area contributed by atoms with Crippen LogP contribution in [-0.2, 0) is 16.0 Å². The lowest BCUT2D eigenvalue weighted by Gasteiger charge is -2.29. The van der Waals surface area contributed by atoms with Crippen molar-refractivity contribution in [3.05, 3.63) is 45.6 Å². The number of H-pyrrole nitrogens is 3. The summed E-state index contributed by atoms with van der Waals surface area (Å²) in [6.45, 7) is 3.49. The van der Waals surface area contributed by atoms with Gasteiger partial charge in [0.1, 0.15) is 5.69 Å². The van der Waals surface area contributed by atoms with Crippen LogP contribution in [-0.4, -0.2) is 63.2 Å². The summed E-state index contributed by atoms with van der Waals surface area (Å²) in [5.41, 5.74) is 1.18. The summed E-state index contributed by atoms with van der Waals surface area (Å²) < 4.78 is 6.36. The van der Waals surface area contributed by atoms with E-state index in [1.54, 1.807) is 25.3 Å². The number of likely N-dealkylation sites (tertiary alicyclic amines) is 1. The average Bonchev–Trinajstić information content (AvgIpc) is 3.50. The van der Waals surface area contributed by atoms with Gasteiger partial charge in [0.25, 0.3) is 11.5 Å². The van der Waals surface area contributed by atoms with E-state index in [1.807, 2.05) is 4.90 Å². The number of aromatic amines is 3. The molecular weight excluding hydrogens is 374 g/mol. The van der Waals surface area contributed by atoms with Crippen LogP contribution in [0.15, 0.2) is 23.1 Å². The summed E-state index contributed by atoms with van der Waals surface area (Å²) in [7, 11) is 0. The number of fused-ring (bicyclic) bond motifs is 1. The van der Waals surface area contributed by atoms with E-state index in [9.17, 15) is 14.4 Å². The zero-order valence-electron chi connectivity index (χ0n) is 16.3. The number of nitrogens with zero attached hydrogens (tertiary/aromatic N) is 1. The Morgan fingerprint density at radius 1 is 1.38 bits per heavy atom. The zero-order chi connectivity index (χ0) is 20.2. The molecule has 0 unspecified atom stereocenters. The molecule has 5 heterocycles. The van der Waals surface area contributed by atoms with Crippen LogP contribution in [0, 0.1) is 18.8 Å². The van der Waals surface area contributed by atoms with E-state index in [2.05, 4.69) is 20.5 Å². The molecule has 3 fully saturated rings. The molecule has 9 heteroatoms. The molecule has 9 nitrogen and oxygen atoms in total. The first-order chi connectivity index (χ1) is 14.0. The minimum absolute atomic E-state index is 0.0526. The normalized spacial score (nSPS) is 30.0. The van der Waals surface area contributed by atoms with E-state index < -0.39 is 0 Å². The first-order valence-electron chi connectivity index (χ1n) is 10.1. The Morgan fingerprint density at radius 2 is 2.24 bits per heavy atom. The van der Waals surface area contributed by atoms with Crippen LogP contribution < -0.4 is 10.9 Å². The first kappa shape index (κ1) is 18.2. The number of amides is 2. The third-order valence-corrected chi connectivity index (χ3v) is 6.90. The summed E-state index contributed by atoms with van der Waals surface area (Å²) in [6.07, 6.45) is 3.85. The average molecular weight is 399 g/mol. The van der Waals surface area contributed by atoms with Gasteiger partial charge in [-0.3, -0.25) is 19.5 Å². The van der Waals surface area contributed by atoms with Gasteiger partial charge in [-0.05, 0) is 31.9 Å². The van der Waals surface area contributed by atoms with Crippen molar-refractivity contribution in [2.75, 3.05) is 19.6 Å². The second-order valence-electron chi connectivity index (χ2n) is 8.46. The fraction of sp³-hybridized carbons (Fsp3) is 0.550. The third kappa shape index (κ3) is 2.91. The van der Waals surface area contributed by atoms with Crippen LogP contribution in [0.4, 0.5) is 0 Å². The van der Waals surface area contributed by atoms with Gasteiger partial charge in [0, 0.05) is 42.4 Å². The van der Waals surface area contributed by atoms with Crippen molar-refractivity contribution in [1.29, 1.82) is 0 Å². The van der Waals surface area contributed by atoms with Crippen LogP contribution in [0.2, 0.25) is 0 Å². The molecule has 2 amide bonds. The molecule has 4 atom stereocenters. The SMILES string of the molecule is Cc1[nH][nH]c(=O)c1CC(=O)N1C[C@@H]2[C@H](CNC(=O)c3ccc[nH]3)[C@H]3CC[C@]2(C1)O3. The number of hydrogen-bond donors (Lipinski definition) is 4. The van der Waals surface area contributed by atoms with Crippen molar-refractivity contribution in [2.45, 2.75) is 37.9 Å². The monoisotopic (exact) mass is 399 g/mol. The zero-order valence-corrected chi connectivity index (χ0v) is 16.3. The molecule has 1 spiro atoms. The molecule has 5 rings (SSSR count). The molecule has 0 saturated carbocycles. The van der Waals surface area contributed by atoms with Crippen molar-refractivity contribution in [1.82, 2.24) is 25.4 Å². The van der Waals surface area contributed by atoms with E-state index in [0.29, 0.717) is 36.6 Å². The van der Waals surface area contributed by atoms with Gasteiger partial charge >= 0.3 is 0 Å². The van der Waals surface area contributed by atoms with E-state index in [-0.39, 0.29) is 47.3 Å². The Bertz CT molecular complexity index is 993. The summed E-state index contributed by atoms with van der Waals surface area (Å²) in [5, 5.41) is 8.31. The Kier molecular flexibility index (Phi) is 4.16. The predicted octanol–water partition coefficient (Wildman–Crippen LogP) is 0.318. The maximum Gasteiger partial charge on any atom is 0.267 e. The molecule has 3 aliphatic heterocycles. The topological polar surface area (TPSA) is 123 Å².